The van der Waals surface area contributed by atoms with E-state index in [-0.39, 0.29) is 6.10 Å². The molecule has 2 nitrogen and oxygen atoms in total. The number of aryl methyl sites for hydroxylation is 1. The van der Waals surface area contributed by atoms with Gasteiger partial charge in [-0.2, -0.15) is 0 Å². The number of likely N-dealkylation sites (tertiary alicyclic amines) is 1. The molecule has 1 N–H and O–H groups in total. The molecular formula is C25H33NO. The number of aliphatic hydroxyl groups is 1. The molecule has 2 aliphatic carbocycles. The molecule has 2 aromatic rings. The fourth-order valence-electron chi connectivity index (χ4n) is 6.25. The van der Waals surface area contributed by atoms with E-state index in [4.69, 9.17) is 0 Å². The number of fused-ring (bicyclic) bond motifs is 4. The van der Waals surface area contributed by atoms with Crippen LogP contribution in [0.2, 0.25) is 0 Å². The number of nitrogens with zero attached hydrogens (tertiary/aromatic N) is 1. The van der Waals surface area contributed by atoms with Crippen molar-refractivity contribution in [3.8, 4) is 0 Å². The maximum atomic E-state index is 11.3. The molecule has 0 amide bonds. The Morgan fingerprint density at radius 3 is 2.63 bits per heavy atom. The minimum atomic E-state index is -0.345. The highest BCUT2D eigenvalue weighted by Crippen LogP contribution is 2.38. The molecule has 0 radical (unpaired) electrons. The zero-order valence-electron chi connectivity index (χ0n) is 16.5. The predicted molar refractivity (Wildman–Crippen MR) is 112 cm³/mol. The van der Waals surface area contributed by atoms with Gasteiger partial charge in [0.25, 0.3) is 0 Å². The maximum absolute atomic E-state index is 11.3. The van der Waals surface area contributed by atoms with Crippen molar-refractivity contribution in [1.29, 1.82) is 0 Å². The van der Waals surface area contributed by atoms with Crippen LogP contribution in [-0.4, -0.2) is 29.1 Å². The van der Waals surface area contributed by atoms with Gasteiger partial charge in [-0.05, 0) is 97.4 Å². The van der Waals surface area contributed by atoms with E-state index < -0.39 is 0 Å². The van der Waals surface area contributed by atoms with Crippen LogP contribution >= 0.6 is 0 Å². The van der Waals surface area contributed by atoms with Crippen LogP contribution in [0.1, 0.15) is 74.2 Å². The molecule has 0 spiro atoms. The normalized spacial score (nSPS) is 27.1. The van der Waals surface area contributed by atoms with E-state index in [1.165, 1.54) is 91.8 Å². The number of hydrogen-bond donors (Lipinski definition) is 1. The lowest BCUT2D eigenvalue weighted by atomic mass is 9.78. The first-order valence-electron chi connectivity index (χ1n) is 11.3. The maximum Gasteiger partial charge on any atom is 0.0920 e. The molecule has 1 aliphatic heterocycles. The fraction of sp³-hybridized carbons (Fsp3) is 0.600. The first-order chi connectivity index (χ1) is 13.3. The van der Waals surface area contributed by atoms with E-state index in [2.05, 4.69) is 35.2 Å². The van der Waals surface area contributed by atoms with Gasteiger partial charge in [-0.3, -0.25) is 4.90 Å². The second-order valence-electron chi connectivity index (χ2n) is 9.12. The summed E-state index contributed by atoms with van der Waals surface area (Å²) in [5.74, 6) is 0.880. The van der Waals surface area contributed by atoms with Crippen molar-refractivity contribution in [3.63, 3.8) is 0 Å². The van der Waals surface area contributed by atoms with Gasteiger partial charge in [0, 0.05) is 12.6 Å². The molecule has 3 atom stereocenters. The minimum absolute atomic E-state index is 0.345. The smallest absolute Gasteiger partial charge is 0.0920 e. The number of piperidine rings is 1. The van der Waals surface area contributed by atoms with Crippen LogP contribution in [0.15, 0.2) is 30.3 Å². The zero-order valence-corrected chi connectivity index (χ0v) is 16.5. The third-order valence-electron chi connectivity index (χ3n) is 7.54. The Bertz CT molecular complexity index is 811. The van der Waals surface area contributed by atoms with Crippen LogP contribution in [-0.2, 0) is 12.8 Å². The molecule has 1 heterocycles. The van der Waals surface area contributed by atoms with Gasteiger partial charge in [0.05, 0.1) is 6.10 Å². The first kappa shape index (κ1) is 17.7. The van der Waals surface area contributed by atoms with Gasteiger partial charge in [0.2, 0.25) is 0 Å². The number of benzene rings is 2. The van der Waals surface area contributed by atoms with E-state index in [0.717, 1.165) is 24.9 Å². The number of β-amino-alcohol motifs (C(OH)–C–C–N with tert-alkyl or cyclic N) is 1. The molecule has 2 fully saturated rings. The summed E-state index contributed by atoms with van der Waals surface area (Å²) in [6.07, 6.45) is 12.8. The Balaban J connectivity index is 1.46. The highest BCUT2D eigenvalue weighted by Gasteiger charge is 2.34. The molecule has 1 saturated heterocycles. The van der Waals surface area contributed by atoms with Crippen molar-refractivity contribution in [2.24, 2.45) is 5.92 Å². The number of aliphatic hydroxyl groups excluding tert-OH is 1. The van der Waals surface area contributed by atoms with Crippen molar-refractivity contribution < 1.29 is 5.11 Å². The number of rotatable bonds is 3. The molecule has 2 aromatic carbocycles. The van der Waals surface area contributed by atoms with Crippen LogP contribution in [0.4, 0.5) is 0 Å². The van der Waals surface area contributed by atoms with Gasteiger partial charge in [-0.15, -0.1) is 0 Å². The highest BCUT2D eigenvalue weighted by molar-refractivity contribution is 5.88. The summed E-state index contributed by atoms with van der Waals surface area (Å²) in [5, 5.41) is 14.1. The average molecular weight is 364 g/mol. The minimum Gasteiger partial charge on any atom is -0.387 e. The summed E-state index contributed by atoms with van der Waals surface area (Å²) in [6.45, 7) is 2.00. The monoisotopic (exact) mass is 363 g/mol. The predicted octanol–water partition coefficient (Wildman–Crippen LogP) is 5.41. The fourth-order valence-corrected chi connectivity index (χ4v) is 6.25. The van der Waals surface area contributed by atoms with Gasteiger partial charge in [0.1, 0.15) is 0 Å². The van der Waals surface area contributed by atoms with Gasteiger partial charge in [0.15, 0.2) is 0 Å². The lowest BCUT2D eigenvalue weighted by Gasteiger charge is -2.45. The molecule has 0 bridgehead atoms. The molecule has 2 heteroatoms. The van der Waals surface area contributed by atoms with E-state index in [1.54, 1.807) is 0 Å². The summed E-state index contributed by atoms with van der Waals surface area (Å²) in [6, 6.07) is 11.8. The molecule has 3 unspecified atom stereocenters. The third kappa shape index (κ3) is 3.32. The molecule has 1 saturated carbocycles. The number of hydrogen-bond acceptors (Lipinski definition) is 2. The Hall–Kier alpha value is -1.38. The van der Waals surface area contributed by atoms with Gasteiger partial charge < -0.3 is 5.11 Å². The summed E-state index contributed by atoms with van der Waals surface area (Å²) in [5.41, 5.74) is 4.20. The Morgan fingerprint density at radius 2 is 1.70 bits per heavy atom. The van der Waals surface area contributed by atoms with Crippen molar-refractivity contribution in [2.45, 2.75) is 76.4 Å². The van der Waals surface area contributed by atoms with Gasteiger partial charge in [-0.25, -0.2) is 0 Å². The van der Waals surface area contributed by atoms with Gasteiger partial charge >= 0.3 is 0 Å². The summed E-state index contributed by atoms with van der Waals surface area (Å²) < 4.78 is 0. The van der Waals surface area contributed by atoms with Crippen LogP contribution in [0.5, 0.6) is 0 Å². The molecule has 27 heavy (non-hydrogen) atoms. The van der Waals surface area contributed by atoms with Crippen molar-refractivity contribution in [1.82, 2.24) is 4.90 Å². The van der Waals surface area contributed by atoms with Crippen molar-refractivity contribution >= 4 is 10.8 Å². The van der Waals surface area contributed by atoms with Crippen molar-refractivity contribution in [2.75, 3.05) is 13.1 Å². The topological polar surface area (TPSA) is 23.5 Å². The molecular weight excluding hydrogens is 330 g/mol. The molecule has 3 aliphatic rings. The largest absolute Gasteiger partial charge is 0.387 e. The molecule has 5 rings (SSSR count). The van der Waals surface area contributed by atoms with E-state index in [1.807, 2.05) is 0 Å². The zero-order chi connectivity index (χ0) is 18.2. The second kappa shape index (κ2) is 7.56. The Kier molecular flexibility index (Phi) is 4.96. The van der Waals surface area contributed by atoms with Crippen LogP contribution in [0.3, 0.4) is 0 Å². The quantitative estimate of drug-likeness (QED) is 0.788. The average Bonchev–Trinajstić information content (AvgIpc) is 2.73. The Morgan fingerprint density at radius 1 is 0.926 bits per heavy atom. The summed E-state index contributed by atoms with van der Waals surface area (Å²) in [4.78, 5) is 2.64. The Labute approximate surface area is 163 Å². The van der Waals surface area contributed by atoms with E-state index in [9.17, 15) is 5.11 Å². The van der Waals surface area contributed by atoms with E-state index in [0.29, 0.717) is 0 Å². The lowest BCUT2D eigenvalue weighted by Crippen LogP contribution is -2.48. The van der Waals surface area contributed by atoms with E-state index >= 15 is 0 Å². The second-order valence-corrected chi connectivity index (χ2v) is 9.12. The molecule has 144 valence electrons. The van der Waals surface area contributed by atoms with Gasteiger partial charge in [-0.1, -0.05) is 37.1 Å². The lowest BCUT2D eigenvalue weighted by molar-refractivity contribution is 0.0202. The summed E-state index contributed by atoms with van der Waals surface area (Å²) in [7, 11) is 0. The third-order valence-corrected chi connectivity index (χ3v) is 7.54. The highest BCUT2D eigenvalue weighted by atomic mass is 16.3. The SMILES string of the molecule is OC(CN1CCCC2CCCCC21)c1cc2ccccc2c2c1CCCC2. The van der Waals surface area contributed by atoms with Crippen molar-refractivity contribution in [3.05, 3.63) is 47.0 Å². The molecule has 0 aromatic heterocycles. The van der Waals surface area contributed by atoms with Crippen LogP contribution < -0.4 is 0 Å². The van der Waals surface area contributed by atoms with Crippen LogP contribution in [0, 0.1) is 5.92 Å². The van der Waals surface area contributed by atoms with Crippen LogP contribution in [0.25, 0.3) is 10.8 Å². The standard InChI is InChI=1S/C25H33NO/c27-25(17-26-15-7-10-18-8-2-6-14-24(18)26)23-16-19-9-1-3-11-20(19)21-12-4-5-13-22(21)23/h1,3,9,11,16,18,24-25,27H,2,4-8,10,12-15,17H2. The summed E-state index contributed by atoms with van der Waals surface area (Å²) >= 11 is 0. The first-order valence-corrected chi connectivity index (χ1v) is 11.3.